The van der Waals surface area contributed by atoms with Crippen molar-refractivity contribution >= 4 is 28.7 Å². The van der Waals surface area contributed by atoms with Gasteiger partial charge in [-0.2, -0.15) is 0 Å². The highest BCUT2D eigenvalue weighted by atomic mass is 35.5. The van der Waals surface area contributed by atoms with Gasteiger partial charge in [-0.1, -0.05) is 29.3 Å². The third-order valence-corrected chi connectivity index (χ3v) is 3.28. The van der Waals surface area contributed by atoms with Gasteiger partial charge in [0.05, 0.1) is 11.2 Å². The minimum Gasteiger partial charge on any atom is -0.295 e. The van der Waals surface area contributed by atoms with Crippen LogP contribution >= 0.6 is 23.2 Å². The number of benzene rings is 1. The van der Waals surface area contributed by atoms with Crippen molar-refractivity contribution in [3.05, 3.63) is 52.8 Å². The molecule has 2 aromatic heterocycles. The maximum absolute atomic E-state index is 13.4. The van der Waals surface area contributed by atoms with E-state index in [1.54, 1.807) is 35.1 Å². The molecule has 3 nitrogen and oxygen atoms in total. The quantitative estimate of drug-likeness (QED) is 0.678. The Bertz CT molecular complexity index is 739. The van der Waals surface area contributed by atoms with Crippen LogP contribution in [0.25, 0.3) is 16.9 Å². The van der Waals surface area contributed by atoms with Gasteiger partial charge in [-0.3, -0.25) is 4.40 Å². The van der Waals surface area contributed by atoms with Crippen LogP contribution in [0.5, 0.6) is 0 Å². The van der Waals surface area contributed by atoms with E-state index in [1.165, 1.54) is 6.07 Å². The molecule has 0 N–H and O–H groups in total. The number of hydrogen-bond donors (Lipinski definition) is 0. The Hall–Kier alpha value is -1.65. The average Bonchev–Trinajstić information content (AvgIpc) is 2.78. The number of imidazole rings is 1. The molecule has 0 atom stereocenters. The predicted molar refractivity (Wildman–Crippen MR) is 68.4 cm³/mol. The fraction of sp³-hybridized carbons (Fsp3) is 0. The topological polar surface area (TPSA) is 30.2 Å². The molecule has 3 aromatic rings. The van der Waals surface area contributed by atoms with Crippen molar-refractivity contribution in [2.24, 2.45) is 0 Å². The molecule has 0 aliphatic rings. The summed E-state index contributed by atoms with van der Waals surface area (Å²) in [5, 5.41) is 0.377. The molecule has 1 aromatic carbocycles. The van der Waals surface area contributed by atoms with Crippen molar-refractivity contribution in [1.82, 2.24) is 14.4 Å². The Morgan fingerprint density at radius 2 is 2.00 bits per heavy atom. The van der Waals surface area contributed by atoms with Crippen LogP contribution in [0.4, 0.5) is 4.39 Å². The van der Waals surface area contributed by atoms with E-state index < -0.39 is 5.82 Å². The number of nitrogens with zero attached hydrogens (tertiary/aromatic N) is 3. The Morgan fingerprint density at radius 3 is 2.83 bits per heavy atom. The Morgan fingerprint density at radius 1 is 1.17 bits per heavy atom. The number of fused-ring (bicyclic) bond motifs is 1. The van der Waals surface area contributed by atoms with Gasteiger partial charge in [-0.25, -0.2) is 14.4 Å². The summed E-state index contributed by atoms with van der Waals surface area (Å²) in [7, 11) is 0. The highest BCUT2D eigenvalue weighted by molar-refractivity contribution is 6.33. The molecule has 2 heterocycles. The number of aromatic nitrogens is 3. The molecule has 0 saturated heterocycles. The van der Waals surface area contributed by atoms with E-state index in [1.807, 2.05) is 0 Å². The van der Waals surface area contributed by atoms with E-state index in [0.717, 1.165) is 0 Å². The second-order valence-corrected chi connectivity index (χ2v) is 4.39. The highest BCUT2D eigenvalue weighted by Gasteiger charge is 2.14. The molecule has 3 rings (SSSR count). The van der Waals surface area contributed by atoms with Crippen LogP contribution in [0.2, 0.25) is 10.2 Å². The molecule has 0 spiro atoms. The summed E-state index contributed by atoms with van der Waals surface area (Å²) < 4.78 is 15.2. The summed E-state index contributed by atoms with van der Waals surface area (Å²) in [5.41, 5.74) is 1.16. The van der Waals surface area contributed by atoms with Gasteiger partial charge in [-0.15, -0.1) is 0 Å². The Labute approximate surface area is 112 Å². The lowest BCUT2D eigenvalue weighted by molar-refractivity contribution is 0.628. The largest absolute Gasteiger partial charge is 0.295 e. The molecule has 0 radical (unpaired) electrons. The summed E-state index contributed by atoms with van der Waals surface area (Å²) >= 11 is 11.9. The van der Waals surface area contributed by atoms with Crippen LogP contribution in [0.1, 0.15) is 0 Å². The molecular formula is C12H6Cl2FN3. The van der Waals surface area contributed by atoms with E-state index in [9.17, 15) is 4.39 Å². The van der Waals surface area contributed by atoms with Crippen LogP contribution in [0.3, 0.4) is 0 Å². The first-order valence-corrected chi connectivity index (χ1v) is 5.86. The van der Waals surface area contributed by atoms with Crippen LogP contribution in [-0.4, -0.2) is 14.4 Å². The van der Waals surface area contributed by atoms with Crippen molar-refractivity contribution in [2.75, 3.05) is 0 Å². The van der Waals surface area contributed by atoms with Crippen LogP contribution in [-0.2, 0) is 0 Å². The van der Waals surface area contributed by atoms with Crippen LogP contribution in [0.15, 0.2) is 36.8 Å². The molecule has 0 amide bonds. The van der Waals surface area contributed by atoms with E-state index in [0.29, 0.717) is 22.1 Å². The Balaban J connectivity index is 2.33. The summed E-state index contributed by atoms with van der Waals surface area (Å²) in [5.74, 6) is 0.0462. The molecule has 18 heavy (non-hydrogen) atoms. The first-order chi connectivity index (χ1) is 8.68. The molecule has 0 fully saturated rings. The van der Waals surface area contributed by atoms with Crippen molar-refractivity contribution < 1.29 is 4.39 Å². The van der Waals surface area contributed by atoms with Gasteiger partial charge >= 0.3 is 0 Å². The molecule has 0 bridgehead atoms. The monoisotopic (exact) mass is 281 g/mol. The molecule has 0 saturated carbocycles. The van der Waals surface area contributed by atoms with Gasteiger partial charge in [0, 0.05) is 18.0 Å². The second kappa shape index (κ2) is 4.23. The summed E-state index contributed by atoms with van der Waals surface area (Å²) in [6, 6.07) is 4.59. The summed E-state index contributed by atoms with van der Waals surface area (Å²) in [6.07, 6.45) is 4.82. The first-order valence-electron chi connectivity index (χ1n) is 5.10. The number of hydrogen-bond acceptors (Lipinski definition) is 2. The second-order valence-electron chi connectivity index (χ2n) is 3.66. The summed E-state index contributed by atoms with van der Waals surface area (Å²) in [6.45, 7) is 0. The normalized spacial score (nSPS) is 11.1. The van der Waals surface area contributed by atoms with Gasteiger partial charge in [0.2, 0.25) is 0 Å². The number of halogens is 3. The fourth-order valence-corrected chi connectivity index (χ4v) is 2.18. The van der Waals surface area contributed by atoms with Crippen molar-refractivity contribution in [3.8, 4) is 11.4 Å². The minimum absolute atomic E-state index is 0.0398. The van der Waals surface area contributed by atoms with Gasteiger partial charge in [0.1, 0.15) is 17.2 Å². The van der Waals surface area contributed by atoms with Crippen LogP contribution < -0.4 is 0 Å². The van der Waals surface area contributed by atoms with E-state index in [2.05, 4.69) is 9.97 Å². The highest BCUT2D eigenvalue weighted by Crippen LogP contribution is 2.30. The predicted octanol–water partition coefficient (Wildman–Crippen LogP) is 3.84. The lowest BCUT2D eigenvalue weighted by Gasteiger charge is -2.04. The summed E-state index contributed by atoms with van der Waals surface area (Å²) in [4.78, 5) is 8.17. The van der Waals surface area contributed by atoms with Crippen molar-refractivity contribution in [3.63, 3.8) is 0 Å². The smallest absolute Gasteiger partial charge is 0.154 e. The first kappa shape index (κ1) is 11.4. The average molecular weight is 282 g/mol. The zero-order valence-electron chi connectivity index (χ0n) is 8.94. The van der Waals surface area contributed by atoms with Gasteiger partial charge in [-0.05, 0) is 12.1 Å². The number of rotatable bonds is 1. The van der Waals surface area contributed by atoms with Crippen LogP contribution in [0, 0.1) is 5.82 Å². The third kappa shape index (κ3) is 1.65. The fourth-order valence-electron chi connectivity index (χ4n) is 1.77. The van der Waals surface area contributed by atoms with E-state index in [4.69, 9.17) is 23.2 Å². The maximum Gasteiger partial charge on any atom is 0.154 e. The van der Waals surface area contributed by atoms with Gasteiger partial charge in [0.25, 0.3) is 0 Å². The molecule has 0 unspecified atom stereocenters. The zero-order chi connectivity index (χ0) is 12.7. The molecule has 0 aliphatic carbocycles. The van der Waals surface area contributed by atoms with E-state index in [-0.39, 0.29) is 5.02 Å². The lowest BCUT2D eigenvalue weighted by atomic mass is 10.2. The molecular weight excluding hydrogens is 276 g/mol. The minimum atomic E-state index is -0.480. The van der Waals surface area contributed by atoms with E-state index >= 15 is 0 Å². The molecule has 0 aliphatic heterocycles. The molecule has 90 valence electrons. The SMILES string of the molecule is Fc1cccc(-c2ncc3c(Cl)nccn23)c1Cl. The van der Waals surface area contributed by atoms with Gasteiger partial charge < -0.3 is 0 Å². The van der Waals surface area contributed by atoms with Crippen molar-refractivity contribution in [1.29, 1.82) is 0 Å². The van der Waals surface area contributed by atoms with Crippen molar-refractivity contribution in [2.45, 2.75) is 0 Å². The molecule has 6 heteroatoms. The lowest BCUT2D eigenvalue weighted by Crippen LogP contribution is -1.92. The third-order valence-electron chi connectivity index (χ3n) is 2.60. The maximum atomic E-state index is 13.4. The Kier molecular flexibility index (Phi) is 2.69. The standard InChI is InChI=1S/C12H6Cl2FN3/c13-10-7(2-1-3-8(10)15)12-17-6-9-11(14)16-4-5-18(9)12/h1-6H. The zero-order valence-corrected chi connectivity index (χ0v) is 10.5. The van der Waals surface area contributed by atoms with Gasteiger partial charge in [0.15, 0.2) is 5.15 Å².